The molecule has 0 amide bonds. The number of nitrogens with one attached hydrogen (secondary N) is 3. The highest BCUT2D eigenvalue weighted by Crippen LogP contribution is 2.24. The van der Waals surface area contributed by atoms with Crippen molar-refractivity contribution in [3.63, 3.8) is 0 Å². The fourth-order valence-electron chi connectivity index (χ4n) is 2.16. The van der Waals surface area contributed by atoms with Gasteiger partial charge in [-0.25, -0.2) is 0 Å². The van der Waals surface area contributed by atoms with Crippen molar-refractivity contribution in [3.8, 4) is 5.75 Å². The van der Waals surface area contributed by atoms with Gasteiger partial charge in [-0.2, -0.15) is 5.43 Å². The van der Waals surface area contributed by atoms with E-state index >= 15 is 0 Å². The molecule has 1 aliphatic heterocycles. The summed E-state index contributed by atoms with van der Waals surface area (Å²) < 4.78 is 6.94. The van der Waals surface area contributed by atoms with Crippen LogP contribution in [0.3, 0.4) is 0 Å². The topological polar surface area (TPSA) is 59.6 Å². The Balaban J connectivity index is 2.06. The van der Waals surface area contributed by atoms with Crippen molar-refractivity contribution in [1.82, 2.24) is 10.7 Å². The van der Waals surface area contributed by atoms with Crippen molar-refractivity contribution in [2.24, 2.45) is 5.10 Å². The fraction of sp³-hybridized carbons (Fsp3) is 0.500. The minimum absolute atomic E-state index is 0.740. The summed E-state index contributed by atoms with van der Waals surface area (Å²) in [5, 5.41) is 7.61. The first-order valence-corrected chi connectivity index (χ1v) is 8.57. The fourth-order valence-corrected chi connectivity index (χ4v) is 2.52. The molecule has 0 saturated carbocycles. The van der Waals surface area contributed by atoms with E-state index in [1.54, 1.807) is 0 Å². The Morgan fingerprint density at radius 3 is 3.05 bits per heavy atom. The Morgan fingerprint density at radius 2 is 2.32 bits per heavy atom. The Hall–Kier alpha value is -1.56. The molecule has 0 aliphatic carbocycles. The zero-order chi connectivity index (χ0) is 15.8. The molecule has 0 fully saturated rings. The van der Waals surface area contributed by atoms with Gasteiger partial charge >= 0.3 is 5.96 Å². The van der Waals surface area contributed by atoms with E-state index in [2.05, 4.69) is 43.7 Å². The Bertz CT molecular complexity index is 557. The van der Waals surface area contributed by atoms with E-state index < -0.39 is 0 Å². The van der Waals surface area contributed by atoms with E-state index in [4.69, 9.17) is 4.74 Å². The highest BCUT2D eigenvalue weighted by Gasteiger charge is 2.12. The molecule has 0 unspecified atom stereocenters. The van der Waals surface area contributed by atoms with Crippen molar-refractivity contribution in [1.29, 1.82) is 0 Å². The summed E-state index contributed by atoms with van der Waals surface area (Å²) in [6.45, 7) is 6.74. The highest BCUT2D eigenvalue weighted by atomic mass is 79.9. The molecule has 0 saturated heterocycles. The van der Waals surface area contributed by atoms with Gasteiger partial charge in [-0.3, -0.25) is 10.3 Å². The predicted molar refractivity (Wildman–Crippen MR) is 93.3 cm³/mol. The van der Waals surface area contributed by atoms with Gasteiger partial charge in [0.1, 0.15) is 5.75 Å². The van der Waals surface area contributed by atoms with Crippen LogP contribution in [0.2, 0.25) is 0 Å². The molecule has 2 rings (SSSR count). The summed E-state index contributed by atoms with van der Waals surface area (Å²) in [7, 11) is 0. The SMILES string of the molecule is CCCCCOc1ccc(Br)cc1/C(C)=N\NC1=[NH+]CCN1. The lowest BCUT2D eigenvalue weighted by Crippen LogP contribution is -2.73. The first-order chi connectivity index (χ1) is 10.7. The van der Waals surface area contributed by atoms with Gasteiger partial charge in [0.15, 0.2) is 0 Å². The van der Waals surface area contributed by atoms with Crippen molar-refractivity contribution in [3.05, 3.63) is 28.2 Å². The quantitative estimate of drug-likeness (QED) is 0.387. The third-order valence-corrected chi connectivity index (χ3v) is 3.89. The average Bonchev–Trinajstić information content (AvgIpc) is 3.03. The van der Waals surface area contributed by atoms with Crippen LogP contribution in [0.4, 0.5) is 0 Å². The van der Waals surface area contributed by atoms with E-state index in [1.165, 1.54) is 12.8 Å². The van der Waals surface area contributed by atoms with Crippen molar-refractivity contribution >= 4 is 27.6 Å². The van der Waals surface area contributed by atoms with Crippen LogP contribution in [0.5, 0.6) is 5.75 Å². The second kappa shape index (κ2) is 8.78. The second-order valence-electron chi connectivity index (χ2n) is 5.23. The summed E-state index contributed by atoms with van der Waals surface area (Å²) in [6.07, 6.45) is 3.46. The number of guanidine groups is 1. The van der Waals surface area contributed by atoms with Crippen molar-refractivity contribution < 1.29 is 9.73 Å². The molecule has 5 nitrogen and oxygen atoms in total. The predicted octanol–water partition coefficient (Wildman–Crippen LogP) is 1.37. The summed E-state index contributed by atoms with van der Waals surface area (Å²) in [6, 6.07) is 6.02. The van der Waals surface area contributed by atoms with E-state index in [9.17, 15) is 0 Å². The lowest BCUT2D eigenvalue weighted by atomic mass is 10.1. The monoisotopic (exact) mass is 367 g/mol. The van der Waals surface area contributed by atoms with Crippen LogP contribution < -0.4 is 20.5 Å². The largest absolute Gasteiger partial charge is 0.493 e. The van der Waals surface area contributed by atoms with Gasteiger partial charge in [-0.15, -0.1) is 5.10 Å². The van der Waals surface area contributed by atoms with Crippen LogP contribution in [-0.2, 0) is 0 Å². The zero-order valence-electron chi connectivity index (χ0n) is 13.2. The molecular formula is C16H24BrN4O+. The maximum Gasteiger partial charge on any atom is 0.367 e. The molecule has 1 aromatic rings. The van der Waals surface area contributed by atoms with Gasteiger partial charge in [-0.05, 0) is 31.5 Å². The van der Waals surface area contributed by atoms with Gasteiger partial charge in [0, 0.05) is 10.0 Å². The number of benzene rings is 1. The van der Waals surface area contributed by atoms with Gasteiger partial charge in [0.05, 0.1) is 25.4 Å². The van der Waals surface area contributed by atoms with Gasteiger partial charge in [-0.1, -0.05) is 35.7 Å². The lowest BCUT2D eigenvalue weighted by Gasteiger charge is -2.11. The molecule has 1 aliphatic rings. The second-order valence-corrected chi connectivity index (χ2v) is 6.15. The van der Waals surface area contributed by atoms with E-state index in [1.807, 2.05) is 25.1 Å². The first-order valence-electron chi connectivity index (χ1n) is 7.78. The van der Waals surface area contributed by atoms with Crippen LogP contribution in [0.15, 0.2) is 27.8 Å². The van der Waals surface area contributed by atoms with Crippen LogP contribution in [0.25, 0.3) is 0 Å². The van der Waals surface area contributed by atoms with Crippen LogP contribution in [0, 0.1) is 0 Å². The summed E-state index contributed by atoms with van der Waals surface area (Å²) in [4.78, 5) is 3.18. The first kappa shape index (κ1) is 16.8. The Kier molecular flexibility index (Phi) is 6.71. The molecule has 0 bridgehead atoms. The number of rotatable bonds is 7. The minimum Gasteiger partial charge on any atom is -0.493 e. The van der Waals surface area contributed by atoms with Gasteiger partial charge in [0.25, 0.3) is 0 Å². The number of hydrazone groups is 1. The molecule has 0 spiro atoms. The summed E-state index contributed by atoms with van der Waals surface area (Å²) >= 11 is 3.51. The third kappa shape index (κ3) is 5.02. The maximum absolute atomic E-state index is 5.92. The van der Waals surface area contributed by atoms with Gasteiger partial charge in [0.2, 0.25) is 0 Å². The Labute approximate surface area is 140 Å². The molecule has 6 heteroatoms. The van der Waals surface area contributed by atoms with E-state index in [-0.39, 0.29) is 0 Å². The highest BCUT2D eigenvalue weighted by molar-refractivity contribution is 9.10. The standard InChI is InChI=1S/C16H23BrN4O/c1-3-4-5-10-22-15-7-6-13(17)11-14(15)12(2)20-21-16-18-8-9-19-16/h6-7,11H,3-5,8-10H2,1-2H3,(H2,18,19,21)/p+1/b20-12-. The lowest BCUT2D eigenvalue weighted by molar-refractivity contribution is -0.446. The third-order valence-electron chi connectivity index (χ3n) is 3.40. The number of nitrogens with zero attached hydrogens (tertiary/aromatic N) is 1. The summed E-state index contributed by atoms with van der Waals surface area (Å²) in [5.74, 6) is 1.72. The molecule has 22 heavy (non-hydrogen) atoms. The molecule has 0 aromatic heterocycles. The number of hydrogen-bond donors (Lipinski definition) is 3. The van der Waals surface area contributed by atoms with Crippen molar-refractivity contribution in [2.45, 2.75) is 33.1 Å². The normalized spacial score (nSPS) is 14.5. The Morgan fingerprint density at radius 1 is 1.45 bits per heavy atom. The summed E-state index contributed by atoms with van der Waals surface area (Å²) in [5.41, 5.74) is 4.90. The number of unbranched alkanes of at least 4 members (excludes halogenated alkanes) is 2. The maximum atomic E-state index is 5.92. The van der Waals surface area contributed by atoms with Crippen LogP contribution >= 0.6 is 15.9 Å². The van der Waals surface area contributed by atoms with Gasteiger partial charge < -0.3 is 4.74 Å². The molecule has 3 N–H and O–H groups in total. The number of ether oxygens (including phenoxy) is 1. The smallest absolute Gasteiger partial charge is 0.367 e. The molecule has 0 radical (unpaired) electrons. The molecule has 120 valence electrons. The molecule has 0 atom stereocenters. The van der Waals surface area contributed by atoms with Crippen LogP contribution in [0.1, 0.15) is 38.7 Å². The molecular weight excluding hydrogens is 344 g/mol. The van der Waals surface area contributed by atoms with Crippen molar-refractivity contribution in [2.75, 3.05) is 19.7 Å². The minimum atomic E-state index is 0.740. The molecule has 1 aromatic carbocycles. The number of hydrogen-bond acceptors (Lipinski definition) is 4. The average molecular weight is 368 g/mol. The van der Waals surface area contributed by atoms with E-state index in [0.29, 0.717) is 0 Å². The van der Waals surface area contributed by atoms with Crippen LogP contribution in [-0.4, -0.2) is 31.4 Å². The van der Waals surface area contributed by atoms with E-state index in [0.717, 1.165) is 53.6 Å². The molecule has 1 heterocycles. The zero-order valence-corrected chi connectivity index (χ0v) is 14.8. The number of halogens is 1.